The van der Waals surface area contributed by atoms with E-state index in [9.17, 15) is 0 Å². The van der Waals surface area contributed by atoms with Crippen molar-refractivity contribution in [3.8, 4) is 0 Å². The zero-order valence-corrected chi connectivity index (χ0v) is 3.91. The molecule has 1 aliphatic carbocycles. The van der Waals surface area contributed by atoms with Crippen molar-refractivity contribution in [2.45, 2.75) is 24.7 Å². The van der Waals surface area contributed by atoms with Crippen molar-refractivity contribution in [2.75, 3.05) is 0 Å². The topological polar surface area (TPSA) is 66.5 Å². The van der Waals surface area contributed by atoms with Crippen LogP contribution >= 0.6 is 0 Å². The Kier molecular flexibility index (Phi) is 1.03. The number of rotatable bonds is 0. The summed E-state index contributed by atoms with van der Waals surface area (Å²) in [6.45, 7) is 0. The van der Waals surface area contributed by atoms with Gasteiger partial charge in [0.05, 0.1) is 18.2 Å². The molecule has 0 amide bonds. The largest absolute Gasteiger partial charge is 0.391 e. The van der Waals surface area contributed by atoms with E-state index in [1.54, 1.807) is 0 Å². The minimum absolute atomic E-state index is 0.389. The lowest BCUT2D eigenvalue weighted by Crippen LogP contribution is -2.56. The Hall–Kier alpha value is -0.120. The van der Waals surface area contributed by atoms with Crippen molar-refractivity contribution in [1.82, 2.24) is 0 Å². The van der Waals surface area contributed by atoms with Gasteiger partial charge in [0.25, 0.3) is 0 Å². The third-order valence-electron chi connectivity index (χ3n) is 1.37. The summed E-state index contributed by atoms with van der Waals surface area (Å²) in [5.41, 5.74) is 5.17. The molecule has 0 aromatic carbocycles. The van der Waals surface area contributed by atoms with Gasteiger partial charge >= 0.3 is 0 Å². The minimum Gasteiger partial charge on any atom is -0.391 e. The van der Waals surface area contributed by atoms with Crippen LogP contribution in [0.3, 0.4) is 0 Å². The van der Waals surface area contributed by atoms with Crippen LogP contribution < -0.4 is 5.73 Å². The molecule has 3 heteroatoms. The maximum absolute atomic E-state index is 8.60. The van der Waals surface area contributed by atoms with Gasteiger partial charge in [0.2, 0.25) is 0 Å². The van der Waals surface area contributed by atoms with Gasteiger partial charge in [-0.05, 0) is 0 Å². The summed E-state index contributed by atoms with van der Waals surface area (Å²) in [7, 11) is 0. The Morgan fingerprint density at radius 3 is 1.71 bits per heavy atom. The second-order valence-electron chi connectivity index (χ2n) is 1.95. The maximum atomic E-state index is 8.60. The molecular weight excluding hydrogens is 94.0 g/mol. The predicted molar refractivity (Wildman–Crippen MR) is 24.6 cm³/mol. The van der Waals surface area contributed by atoms with Crippen LogP contribution in [0.1, 0.15) is 6.42 Å². The fraction of sp³-hybridized carbons (Fsp3) is 1.00. The first-order valence-electron chi connectivity index (χ1n) is 2.33. The third-order valence-corrected chi connectivity index (χ3v) is 1.37. The highest BCUT2D eigenvalue weighted by Crippen LogP contribution is 2.17. The van der Waals surface area contributed by atoms with Gasteiger partial charge in [-0.15, -0.1) is 0 Å². The summed E-state index contributed by atoms with van der Waals surface area (Å²) in [4.78, 5) is 0. The van der Waals surface area contributed by atoms with Gasteiger partial charge in [-0.1, -0.05) is 0 Å². The summed E-state index contributed by atoms with van der Waals surface area (Å²) in [5.74, 6) is 0. The van der Waals surface area contributed by atoms with Gasteiger partial charge < -0.3 is 15.9 Å². The van der Waals surface area contributed by atoms with E-state index in [-0.39, 0.29) is 6.04 Å². The van der Waals surface area contributed by atoms with E-state index in [4.69, 9.17) is 15.9 Å². The molecule has 1 unspecified atom stereocenters. The van der Waals surface area contributed by atoms with Gasteiger partial charge in [-0.25, -0.2) is 0 Å². The lowest BCUT2D eigenvalue weighted by atomic mass is 9.87. The molecule has 1 aliphatic rings. The fourth-order valence-corrected chi connectivity index (χ4v) is 0.622. The van der Waals surface area contributed by atoms with Crippen LogP contribution in [0.25, 0.3) is 0 Å². The zero-order chi connectivity index (χ0) is 5.44. The Balaban J connectivity index is 2.29. The SMILES string of the molecule is NC1[C@H](O)C[C@@H]1O. The van der Waals surface area contributed by atoms with Crippen molar-refractivity contribution in [1.29, 1.82) is 0 Å². The summed E-state index contributed by atoms with van der Waals surface area (Å²) in [6, 6.07) is -0.389. The summed E-state index contributed by atoms with van der Waals surface area (Å²) >= 11 is 0. The Morgan fingerprint density at radius 2 is 1.71 bits per heavy atom. The second-order valence-corrected chi connectivity index (χ2v) is 1.95. The molecule has 0 bridgehead atoms. The van der Waals surface area contributed by atoms with Gasteiger partial charge in [0, 0.05) is 6.42 Å². The van der Waals surface area contributed by atoms with E-state index >= 15 is 0 Å². The molecule has 7 heavy (non-hydrogen) atoms. The van der Waals surface area contributed by atoms with Crippen molar-refractivity contribution in [3.05, 3.63) is 0 Å². The average molecular weight is 103 g/mol. The number of hydrogen-bond acceptors (Lipinski definition) is 3. The van der Waals surface area contributed by atoms with Crippen LogP contribution in [0, 0.1) is 0 Å². The lowest BCUT2D eigenvalue weighted by Gasteiger charge is -2.34. The van der Waals surface area contributed by atoms with E-state index in [0.29, 0.717) is 6.42 Å². The van der Waals surface area contributed by atoms with Crippen LogP contribution in [0.5, 0.6) is 0 Å². The standard InChI is InChI=1S/C4H9NO2/c5-4-2(6)1-3(4)7/h2-4,6-7H,1,5H2/t2-,3+,4?. The van der Waals surface area contributed by atoms with Gasteiger partial charge in [-0.2, -0.15) is 0 Å². The number of aliphatic hydroxyl groups is 2. The fourth-order valence-electron chi connectivity index (χ4n) is 0.622. The molecule has 3 nitrogen and oxygen atoms in total. The number of nitrogens with two attached hydrogens (primary N) is 1. The molecule has 0 radical (unpaired) electrons. The first-order chi connectivity index (χ1) is 3.22. The van der Waals surface area contributed by atoms with Crippen molar-refractivity contribution < 1.29 is 10.2 Å². The molecule has 3 atom stereocenters. The summed E-state index contributed by atoms with van der Waals surface area (Å²) in [5, 5.41) is 17.2. The smallest absolute Gasteiger partial charge is 0.0741 e. The molecule has 0 heterocycles. The second kappa shape index (κ2) is 1.43. The monoisotopic (exact) mass is 103 g/mol. The minimum atomic E-state index is -0.463. The number of aliphatic hydroxyl groups excluding tert-OH is 2. The van der Waals surface area contributed by atoms with Crippen molar-refractivity contribution in [3.63, 3.8) is 0 Å². The molecule has 1 rings (SSSR count). The van der Waals surface area contributed by atoms with Crippen molar-refractivity contribution in [2.24, 2.45) is 5.73 Å². The molecule has 0 saturated heterocycles. The van der Waals surface area contributed by atoms with E-state index in [1.807, 2.05) is 0 Å². The molecule has 0 aliphatic heterocycles. The third kappa shape index (κ3) is 0.627. The molecule has 0 aromatic rings. The normalized spacial score (nSPS) is 51.0. The average Bonchev–Trinajstić information content (AvgIpc) is 1.68. The highest BCUT2D eigenvalue weighted by Gasteiger charge is 2.34. The molecule has 4 N–H and O–H groups in total. The Morgan fingerprint density at radius 1 is 1.29 bits per heavy atom. The summed E-state index contributed by atoms with van der Waals surface area (Å²) < 4.78 is 0. The van der Waals surface area contributed by atoms with Gasteiger partial charge in [-0.3, -0.25) is 0 Å². The van der Waals surface area contributed by atoms with E-state index in [2.05, 4.69) is 0 Å². The maximum Gasteiger partial charge on any atom is 0.0741 e. The van der Waals surface area contributed by atoms with Crippen LogP contribution in [0.15, 0.2) is 0 Å². The molecule has 0 aromatic heterocycles. The van der Waals surface area contributed by atoms with Gasteiger partial charge in [0.15, 0.2) is 0 Å². The predicted octanol–water partition coefficient (Wildman–Crippen LogP) is -1.56. The zero-order valence-electron chi connectivity index (χ0n) is 3.91. The van der Waals surface area contributed by atoms with Crippen molar-refractivity contribution >= 4 is 0 Å². The Bertz CT molecular complexity index is 68.1. The molecule has 1 saturated carbocycles. The molecule has 0 spiro atoms. The number of hydrogen-bond donors (Lipinski definition) is 3. The van der Waals surface area contributed by atoms with Crippen LogP contribution in [0.4, 0.5) is 0 Å². The van der Waals surface area contributed by atoms with Gasteiger partial charge in [0.1, 0.15) is 0 Å². The Labute approximate surface area is 41.8 Å². The molecule has 1 fully saturated rings. The first kappa shape index (κ1) is 5.03. The van der Waals surface area contributed by atoms with E-state index < -0.39 is 12.2 Å². The van der Waals surface area contributed by atoms with E-state index in [1.165, 1.54) is 0 Å². The summed E-state index contributed by atoms with van der Waals surface area (Å²) in [6.07, 6.45) is -0.480. The van der Waals surface area contributed by atoms with Crippen LogP contribution in [-0.2, 0) is 0 Å². The first-order valence-corrected chi connectivity index (χ1v) is 2.33. The lowest BCUT2D eigenvalue weighted by molar-refractivity contribution is -0.0482. The van der Waals surface area contributed by atoms with Crippen LogP contribution in [0.2, 0.25) is 0 Å². The molecule has 42 valence electrons. The highest BCUT2D eigenvalue weighted by atomic mass is 16.3. The van der Waals surface area contributed by atoms with E-state index in [0.717, 1.165) is 0 Å². The highest BCUT2D eigenvalue weighted by molar-refractivity contribution is 4.92. The van der Waals surface area contributed by atoms with Crippen LogP contribution in [-0.4, -0.2) is 28.5 Å². The quantitative estimate of drug-likeness (QED) is 0.347. The molecular formula is C4H9NO2.